The predicted molar refractivity (Wildman–Crippen MR) is 50.2 cm³/mol. The number of rotatable bonds is 1. The Labute approximate surface area is 80.1 Å². The molecule has 1 heterocycles. The van der Waals surface area contributed by atoms with Crippen LogP contribution in [-0.4, -0.2) is 5.78 Å². The van der Waals surface area contributed by atoms with Crippen LogP contribution in [0.15, 0.2) is 21.4 Å². The second-order valence-corrected chi connectivity index (χ2v) is 4.41. The molecule has 0 bridgehead atoms. The molecule has 1 aromatic heterocycles. The van der Waals surface area contributed by atoms with E-state index >= 15 is 0 Å². The maximum atomic E-state index is 11.7. The van der Waals surface area contributed by atoms with Gasteiger partial charge in [0, 0.05) is 5.41 Å². The Hall–Kier alpha value is -0.570. The molecule has 0 spiro atoms. The summed E-state index contributed by atoms with van der Waals surface area (Å²) in [6, 6.07) is 1.68. The number of carbonyl (C=O) groups is 1. The van der Waals surface area contributed by atoms with Gasteiger partial charge in [-0.3, -0.25) is 4.79 Å². The number of carbonyl (C=O) groups excluding carboxylic acids is 1. The Morgan fingerprint density at radius 1 is 1.50 bits per heavy atom. The highest BCUT2D eigenvalue weighted by atomic mass is 79.9. The average Bonchev–Trinajstić information content (AvgIpc) is 2.31. The molecular weight excluding hydrogens is 220 g/mol. The van der Waals surface area contributed by atoms with Crippen molar-refractivity contribution < 1.29 is 9.21 Å². The molecule has 1 aromatic rings. The highest BCUT2D eigenvalue weighted by molar-refractivity contribution is 9.10. The van der Waals surface area contributed by atoms with Gasteiger partial charge in [0.25, 0.3) is 0 Å². The molecule has 0 atom stereocenters. The highest BCUT2D eigenvalue weighted by Gasteiger charge is 2.25. The van der Waals surface area contributed by atoms with Crippen molar-refractivity contribution in [1.29, 1.82) is 0 Å². The molecular formula is C9H11BrO2. The predicted octanol–water partition coefficient (Wildman–Crippen LogP) is 3.27. The van der Waals surface area contributed by atoms with Gasteiger partial charge in [0.05, 0.1) is 11.8 Å². The van der Waals surface area contributed by atoms with Crippen LogP contribution < -0.4 is 0 Å². The first-order valence-electron chi connectivity index (χ1n) is 3.70. The molecule has 2 nitrogen and oxygen atoms in total. The highest BCUT2D eigenvalue weighted by Crippen LogP contribution is 2.26. The number of Topliss-reactive ketones (excluding diaryl/α,β-unsaturated/α-hetero) is 1. The monoisotopic (exact) mass is 230 g/mol. The Balaban J connectivity index is 3.01. The minimum Gasteiger partial charge on any atom is -0.457 e. The van der Waals surface area contributed by atoms with E-state index in [2.05, 4.69) is 15.9 Å². The van der Waals surface area contributed by atoms with Gasteiger partial charge < -0.3 is 4.42 Å². The van der Waals surface area contributed by atoms with Crippen molar-refractivity contribution in [2.75, 3.05) is 0 Å². The first-order chi connectivity index (χ1) is 5.43. The second-order valence-electron chi connectivity index (χ2n) is 3.69. The summed E-state index contributed by atoms with van der Waals surface area (Å²) in [6.45, 7) is 5.65. The molecule has 1 rings (SSSR count). The lowest BCUT2D eigenvalue weighted by Crippen LogP contribution is -2.19. The SMILES string of the molecule is CC(C)(C)C(=O)c1ccoc1Br. The second kappa shape index (κ2) is 3.05. The largest absolute Gasteiger partial charge is 0.457 e. The summed E-state index contributed by atoms with van der Waals surface area (Å²) >= 11 is 3.17. The summed E-state index contributed by atoms with van der Waals surface area (Å²) < 4.78 is 5.49. The lowest BCUT2D eigenvalue weighted by molar-refractivity contribution is 0.0856. The summed E-state index contributed by atoms with van der Waals surface area (Å²) in [5.74, 6) is 0.0862. The van der Waals surface area contributed by atoms with Crippen molar-refractivity contribution in [2.45, 2.75) is 20.8 Å². The summed E-state index contributed by atoms with van der Waals surface area (Å²) in [5.41, 5.74) is 0.259. The van der Waals surface area contributed by atoms with Crippen LogP contribution in [0.3, 0.4) is 0 Å². The maximum Gasteiger partial charge on any atom is 0.179 e. The van der Waals surface area contributed by atoms with Gasteiger partial charge in [-0.25, -0.2) is 0 Å². The van der Waals surface area contributed by atoms with Gasteiger partial charge in [-0.1, -0.05) is 20.8 Å². The Morgan fingerprint density at radius 2 is 2.08 bits per heavy atom. The van der Waals surface area contributed by atoms with E-state index in [0.29, 0.717) is 10.2 Å². The molecule has 66 valence electrons. The van der Waals surface area contributed by atoms with Crippen molar-refractivity contribution in [2.24, 2.45) is 5.41 Å². The lowest BCUT2D eigenvalue weighted by atomic mass is 9.88. The van der Waals surface area contributed by atoms with Gasteiger partial charge in [-0.15, -0.1) is 0 Å². The first-order valence-corrected chi connectivity index (χ1v) is 4.50. The smallest absolute Gasteiger partial charge is 0.179 e. The van der Waals surface area contributed by atoms with Crippen LogP contribution in [-0.2, 0) is 0 Å². The van der Waals surface area contributed by atoms with Crippen molar-refractivity contribution in [3.63, 3.8) is 0 Å². The van der Waals surface area contributed by atoms with Gasteiger partial charge in [0.15, 0.2) is 10.5 Å². The van der Waals surface area contributed by atoms with Gasteiger partial charge in [0.2, 0.25) is 0 Å². The summed E-state index contributed by atoms with van der Waals surface area (Å²) in [5, 5.41) is 0. The molecule has 0 saturated heterocycles. The minimum atomic E-state index is -0.355. The fourth-order valence-corrected chi connectivity index (χ4v) is 1.28. The lowest BCUT2D eigenvalue weighted by Gasteiger charge is -2.14. The Kier molecular flexibility index (Phi) is 2.42. The molecule has 0 aromatic carbocycles. The van der Waals surface area contributed by atoms with Crippen molar-refractivity contribution in [3.05, 3.63) is 22.6 Å². The van der Waals surface area contributed by atoms with E-state index in [1.54, 1.807) is 6.07 Å². The quantitative estimate of drug-likeness (QED) is 0.694. The number of hydrogen-bond acceptors (Lipinski definition) is 2. The van der Waals surface area contributed by atoms with Crippen LogP contribution in [0.2, 0.25) is 0 Å². The molecule has 0 fully saturated rings. The molecule has 3 heteroatoms. The molecule has 12 heavy (non-hydrogen) atoms. The first kappa shape index (κ1) is 9.52. The number of halogens is 1. The molecule has 0 amide bonds. The van der Waals surface area contributed by atoms with Crippen LogP contribution in [0.25, 0.3) is 0 Å². The molecule has 0 unspecified atom stereocenters. The van der Waals surface area contributed by atoms with Crippen LogP contribution in [0, 0.1) is 5.41 Å². The van der Waals surface area contributed by atoms with E-state index in [-0.39, 0.29) is 11.2 Å². The number of hydrogen-bond donors (Lipinski definition) is 0. The summed E-state index contributed by atoms with van der Waals surface area (Å²) in [4.78, 5) is 11.7. The van der Waals surface area contributed by atoms with Crippen LogP contribution in [0.1, 0.15) is 31.1 Å². The molecule has 0 aliphatic rings. The van der Waals surface area contributed by atoms with E-state index < -0.39 is 0 Å². The van der Waals surface area contributed by atoms with Gasteiger partial charge >= 0.3 is 0 Å². The van der Waals surface area contributed by atoms with E-state index in [1.165, 1.54) is 6.26 Å². The third-order valence-electron chi connectivity index (χ3n) is 1.54. The number of furan rings is 1. The van der Waals surface area contributed by atoms with E-state index in [1.807, 2.05) is 20.8 Å². The van der Waals surface area contributed by atoms with Crippen molar-refractivity contribution in [1.82, 2.24) is 0 Å². The van der Waals surface area contributed by atoms with E-state index in [4.69, 9.17) is 4.42 Å². The molecule has 0 radical (unpaired) electrons. The van der Waals surface area contributed by atoms with E-state index in [9.17, 15) is 4.79 Å². The molecule has 0 aliphatic heterocycles. The zero-order valence-electron chi connectivity index (χ0n) is 7.35. The fourth-order valence-electron chi connectivity index (χ4n) is 0.860. The zero-order chi connectivity index (χ0) is 9.35. The zero-order valence-corrected chi connectivity index (χ0v) is 8.94. The van der Waals surface area contributed by atoms with Crippen LogP contribution in [0.5, 0.6) is 0 Å². The van der Waals surface area contributed by atoms with Crippen LogP contribution >= 0.6 is 15.9 Å². The normalized spacial score (nSPS) is 11.7. The summed E-state index contributed by atoms with van der Waals surface area (Å²) in [7, 11) is 0. The third kappa shape index (κ3) is 1.78. The Morgan fingerprint density at radius 3 is 2.42 bits per heavy atom. The molecule has 0 aliphatic carbocycles. The van der Waals surface area contributed by atoms with E-state index in [0.717, 1.165) is 0 Å². The van der Waals surface area contributed by atoms with Crippen LogP contribution in [0.4, 0.5) is 0 Å². The standard InChI is InChI=1S/C9H11BrO2/c1-9(2,3)7(11)6-4-5-12-8(6)10/h4-5H,1-3H3. The van der Waals surface area contributed by atoms with Crippen molar-refractivity contribution >= 4 is 21.7 Å². The third-order valence-corrected chi connectivity index (χ3v) is 2.16. The molecule has 0 N–H and O–H groups in total. The maximum absolute atomic E-state index is 11.7. The molecule has 0 saturated carbocycles. The Bertz CT molecular complexity index is 294. The van der Waals surface area contributed by atoms with Gasteiger partial charge in [-0.2, -0.15) is 0 Å². The van der Waals surface area contributed by atoms with Gasteiger partial charge in [-0.05, 0) is 22.0 Å². The van der Waals surface area contributed by atoms with Crippen molar-refractivity contribution in [3.8, 4) is 0 Å². The van der Waals surface area contributed by atoms with Gasteiger partial charge in [0.1, 0.15) is 0 Å². The topological polar surface area (TPSA) is 30.2 Å². The number of ketones is 1. The fraction of sp³-hybridized carbons (Fsp3) is 0.444. The minimum absolute atomic E-state index is 0.0862. The summed E-state index contributed by atoms with van der Waals surface area (Å²) in [6.07, 6.45) is 1.50. The average molecular weight is 231 g/mol.